The van der Waals surface area contributed by atoms with Gasteiger partial charge >= 0.3 is 0 Å². The van der Waals surface area contributed by atoms with E-state index in [1.54, 1.807) is 0 Å². The molecule has 0 saturated carbocycles. The van der Waals surface area contributed by atoms with Crippen LogP contribution < -0.4 is 10.1 Å². The van der Waals surface area contributed by atoms with Gasteiger partial charge in [-0.25, -0.2) is 0 Å². The van der Waals surface area contributed by atoms with Crippen molar-refractivity contribution in [3.05, 3.63) is 56.5 Å². The second-order valence-electron chi connectivity index (χ2n) is 4.30. The first-order valence-corrected chi connectivity index (χ1v) is 7.56. The molecule has 0 amide bonds. The summed E-state index contributed by atoms with van der Waals surface area (Å²) in [6, 6.07) is 12.1. The third-order valence-corrected chi connectivity index (χ3v) is 4.00. The lowest BCUT2D eigenvalue weighted by Gasteiger charge is -2.11. The molecule has 2 aromatic carbocycles. The predicted octanol–water partition coefficient (Wildman–Crippen LogP) is 5.03. The highest BCUT2D eigenvalue weighted by Gasteiger charge is 2.05. The van der Waals surface area contributed by atoms with E-state index in [1.165, 1.54) is 5.56 Å². The molecule has 2 nitrogen and oxygen atoms in total. The number of ether oxygens (including phenoxy) is 1. The first-order chi connectivity index (χ1) is 9.10. The minimum absolute atomic E-state index is 0.827. The van der Waals surface area contributed by atoms with Crippen LogP contribution in [-0.2, 0) is 6.54 Å². The van der Waals surface area contributed by atoms with Crippen molar-refractivity contribution >= 4 is 31.9 Å². The molecule has 0 fully saturated rings. The lowest BCUT2D eigenvalue weighted by atomic mass is 10.2. The van der Waals surface area contributed by atoms with Gasteiger partial charge in [0.15, 0.2) is 0 Å². The summed E-state index contributed by atoms with van der Waals surface area (Å²) < 4.78 is 7.98. The number of benzene rings is 2. The number of halogens is 2. The van der Waals surface area contributed by atoms with E-state index in [4.69, 9.17) is 4.74 Å². The molecule has 19 heavy (non-hydrogen) atoms. The number of hydrogen-bond donors (Lipinski definition) is 1. The van der Waals surface area contributed by atoms with Gasteiger partial charge in [-0.2, -0.15) is 0 Å². The van der Waals surface area contributed by atoms with Crippen LogP contribution in [-0.4, -0.2) is 7.05 Å². The van der Waals surface area contributed by atoms with E-state index in [-0.39, 0.29) is 0 Å². The van der Waals surface area contributed by atoms with Crippen molar-refractivity contribution in [2.45, 2.75) is 13.5 Å². The van der Waals surface area contributed by atoms with Crippen LogP contribution in [0.2, 0.25) is 0 Å². The molecule has 0 aliphatic heterocycles. The Hall–Kier alpha value is -0.840. The Bertz CT molecular complexity index is 584. The summed E-state index contributed by atoms with van der Waals surface area (Å²) in [7, 11) is 1.93. The molecule has 4 heteroatoms. The topological polar surface area (TPSA) is 21.3 Å². The quantitative estimate of drug-likeness (QED) is 0.797. The largest absolute Gasteiger partial charge is 0.457 e. The molecule has 0 radical (unpaired) electrons. The zero-order valence-corrected chi connectivity index (χ0v) is 14.0. The van der Waals surface area contributed by atoms with Crippen molar-refractivity contribution in [1.82, 2.24) is 5.32 Å². The van der Waals surface area contributed by atoms with Gasteiger partial charge < -0.3 is 10.1 Å². The summed E-state index contributed by atoms with van der Waals surface area (Å²) in [6.07, 6.45) is 0. The number of rotatable bonds is 4. The minimum atomic E-state index is 0.827. The summed E-state index contributed by atoms with van der Waals surface area (Å²) in [6.45, 7) is 2.86. The van der Waals surface area contributed by atoms with E-state index >= 15 is 0 Å². The van der Waals surface area contributed by atoms with E-state index in [2.05, 4.69) is 43.2 Å². The maximum Gasteiger partial charge on any atom is 0.131 e. The molecular formula is C15H15Br2NO. The Morgan fingerprint density at radius 1 is 1.11 bits per heavy atom. The molecule has 0 unspecified atom stereocenters. The van der Waals surface area contributed by atoms with Crippen molar-refractivity contribution < 1.29 is 4.74 Å². The first-order valence-electron chi connectivity index (χ1n) is 5.97. The van der Waals surface area contributed by atoms with Gasteiger partial charge in [-0.3, -0.25) is 0 Å². The first kappa shape index (κ1) is 14.6. The summed E-state index contributed by atoms with van der Waals surface area (Å²) in [5, 5.41) is 3.13. The summed E-state index contributed by atoms with van der Waals surface area (Å²) in [5.41, 5.74) is 2.32. The van der Waals surface area contributed by atoms with Gasteiger partial charge in [0.1, 0.15) is 11.5 Å². The number of aryl methyl sites for hydroxylation is 1. The molecule has 0 spiro atoms. The van der Waals surface area contributed by atoms with Crippen LogP contribution in [0, 0.1) is 6.92 Å². The van der Waals surface area contributed by atoms with Gasteiger partial charge in [0.2, 0.25) is 0 Å². The lowest BCUT2D eigenvalue weighted by molar-refractivity contribution is 0.478. The molecule has 0 aliphatic carbocycles. The second kappa shape index (κ2) is 6.55. The normalized spacial score (nSPS) is 10.5. The standard InChI is InChI=1S/C15H15Br2NO/c1-10-3-5-12(16)7-15(10)19-13-6-4-11(9-18-2)14(17)8-13/h3-8,18H,9H2,1-2H3. The van der Waals surface area contributed by atoms with Gasteiger partial charge in [0.25, 0.3) is 0 Å². The molecule has 0 saturated heterocycles. The van der Waals surface area contributed by atoms with Gasteiger partial charge in [-0.1, -0.05) is 44.0 Å². The fourth-order valence-electron chi connectivity index (χ4n) is 1.74. The van der Waals surface area contributed by atoms with Crippen molar-refractivity contribution in [2.24, 2.45) is 0 Å². The summed E-state index contributed by atoms with van der Waals surface area (Å²) in [5.74, 6) is 1.69. The van der Waals surface area contributed by atoms with E-state index in [9.17, 15) is 0 Å². The van der Waals surface area contributed by atoms with Crippen LogP contribution in [0.15, 0.2) is 45.3 Å². The molecule has 0 aromatic heterocycles. The van der Waals surface area contributed by atoms with Crippen LogP contribution >= 0.6 is 31.9 Å². The minimum Gasteiger partial charge on any atom is -0.457 e. The van der Waals surface area contributed by atoms with E-state index < -0.39 is 0 Å². The van der Waals surface area contributed by atoms with Crippen molar-refractivity contribution in [3.8, 4) is 11.5 Å². The van der Waals surface area contributed by atoms with Crippen molar-refractivity contribution in [1.29, 1.82) is 0 Å². The fourth-order valence-corrected chi connectivity index (χ4v) is 2.57. The average molecular weight is 385 g/mol. The molecule has 2 rings (SSSR count). The van der Waals surface area contributed by atoms with Crippen molar-refractivity contribution in [2.75, 3.05) is 7.05 Å². The van der Waals surface area contributed by atoms with Crippen LogP contribution in [0.4, 0.5) is 0 Å². The highest BCUT2D eigenvalue weighted by atomic mass is 79.9. The Morgan fingerprint density at radius 3 is 2.58 bits per heavy atom. The SMILES string of the molecule is CNCc1ccc(Oc2cc(Br)ccc2C)cc1Br. The van der Waals surface area contributed by atoms with Gasteiger partial charge in [-0.05, 0) is 49.4 Å². The highest BCUT2D eigenvalue weighted by Crippen LogP contribution is 2.30. The maximum atomic E-state index is 5.92. The fraction of sp³-hybridized carbons (Fsp3) is 0.200. The Morgan fingerprint density at radius 2 is 1.89 bits per heavy atom. The van der Waals surface area contributed by atoms with Crippen molar-refractivity contribution in [3.63, 3.8) is 0 Å². The van der Waals surface area contributed by atoms with E-state index in [0.717, 1.165) is 32.6 Å². The van der Waals surface area contributed by atoms with Gasteiger partial charge in [-0.15, -0.1) is 0 Å². The number of nitrogens with one attached hydrogen (secondary N) is 1. The second-order valence-corrected chi connectivity index (χ2v) is 6.07. The van der Waals surface area contributed by atoms with Crippen LogP contribution in [0.1, 0.15) is 11.1 Å². The Labute approximate surface area is 130 Å². The van der Waals surface area contributed by atoms with Gasteiger partial charge in [0, 0.05) is 15.5 Å². The highest BCUT2D eigenvalue weighted by molar-refractivity contribution is 9.10. The van der Waals surface area contributed by atoms with Crippen LogP contribution in [0.3, 0.4) is 0 Å². The summed E-state index contributed by atoms with van der Waals surface area (Å²) in [4.78, 5) is 0. The molecule has 2 aromatic rings. The molecule has 0 atom stereocenters. The Kier molecular flexibility index (Phi) is 5.02. The van der Waals surface area contributed by atoms with Crippen LogP contribution in [0.5, 0.6) is 11.5 Å². The average Bonchev–Trinajstić information content (AvgIpc) is 2.37. The predicted molar refractivity (Wildman–Crippen MR) is 85.9 cm³/mol. The van der Waals surface area contributed by atoms with Gasteiger partial charge in [0.05, 0.1) is 0 Å². The zero-order valence-electron chi connectivity index (χ0n) is 10.8. The molecule has 1 N–H and O–H groups in total. The molecule has 0 bridgehead atoms. The molecule has 0 heterocycles. The van der Waals surface area contributed by atoms with Crippen LogP contribution in [0.25, 0.3) is 0 Å². The smallest absolute Gasteiger partial charge is 0.131 e. The summed E-state index contributed by atoms with van der Waals surface area (Å²) >= 11 is 7.02. The third kappa shape index (κ3) is 3.81. The molecule has 100 valence electrons. The number of hydrogen-bond acceptors (Lipinski definition) is 2. The molecular weight excluding hydrogens is 370 g/mol. The maximum absolute atomic E-state index is 5.92. The third-order valence-electron chi connectivity index (χ3n) is 2.77. The zero-order chi connectivity index (χ0) is 13.8. The Balaban J connectivity index is 2.24. The monoisotopic (exact) mass is 383 g/mol. The molecule has 0 aliphatic rings. The van der Waals surface area contributed by atoms with E-state index in [0.29, 0.717) is 0 Å². The lowest BCUT2D eigenvalue weighted by Crippen LogP contribution is -2.05. The van der Waals surface area contributed by atoms with E-state index in [1.807, 2.05) is 44.3 Å².